The number of carbonyl (C=O) groups is 2. The van der Waals surface area contributed by atoms with E-state index in [0.717, 1.165) is 13.1 Å². The predicted molar refractivity (Wildman–Crippen MR) is 121 cm³/mol. The minimum Gasteiger partial charge on any atom is -0.507 e. The number of likely N-dealkylation sites (tertiary alicyclic amines) is 1. The number of amides is 1. The monoisotopic (exact) mass is 442 g/mol. The van der Waals surface area contributed by atoms with Gasteiger partial charge in [0.1, 0.15) is 11.5 Å². The van der Waals surface area contributed by atoms with Crippen molar-refractivity contribution < 1.29 is 19.4 Å². The van der Waals surface area contributed by atoms with Gasteiger partial charge in [-0.1, -0.05) is 37.6 Å². The van der Waals surface area contributed by atoms with Crippen molar-refractivity contribution in [2.75, 3.05) is 33.3 Å². The molecule has 0 aromatic heterocycles. The Labute approximate surface area is 187 Å². The van der Waals surface area contributed by atoms with E-state index in [0.29, 0.717) is 35.0 Å². The third kappa shape index (κ3) is 4.75. The smallest absolute Gasteiger partial charge is 0.295 e. The number of hydrogen-bond donors (Lipinski definition) is 1. The molecule has 1 N–H and O–H groups in total. The maximum atomic E-state index is 13.0. The Hall–Kier alpha value is -2.83. The average Bonchev–Trinajstić information content (AvgIpc) is 3.04. The lowest BCUT2D eigenvalue weighted by molar-refractivity contribution is -0.140. The van der Waals surface area contributed by atoms with Gasteiger partial charge in [-0.25, -0.2) is 0 Å². The van der Waals surface area contributed by atoms with Crippen LogP contribution in [0.1, 0.15) is 31.0 Å². The van der Waals surface area contributed by atoms with Gasteiger partial charge >= 0.3 is 0 Å². The van der Waals surface area contributed by atoms with Crippen molar-refractivity contribution in [2.24, 2.45) is 0 Å². The third-order valence-corrected chi connectivity index (χ3v) is 5.87. The summed E-state index contributed by atoms with van der Waals surface area (Å²) in [6.45, 7) is 6.78. The number of methoxy groups -OCH3 is 1. The summed E-state index contributed by atoms with van der Waals surface area (Å²) in [4.78, 5) is 29.8. The van der Waals surface area contributed by atoms with E-state index in [1.54, 1.807) is 49.6 Å². The molecule has 0 bridgehead atoms. The zero-order valence-corrected chi connectivity index (χ0v) is 18.7. The minimum absolute atomic E-state index is 0.0696. The van der Waals surface area contributed by atoms with E-state index in [-0.39, 0.29) is 11.3 Å². The van der Waals surface area contributed by atoms with E-state index in [4.69, 9.17) is 16.3 Å². The standard InChI is InChI=1S/C24H27ClN2O4/c1-4-26(5-2)13-14-27-21(17-7-6-8-19(15-17)31-3)20(23(29)24(27)30)22(28)16-9-11-18(25)12-10-16/h6-12,15,21,28H,4-5,13-14H2,1-3H3/b22-20-. The van der Waals surface area contributed by atoms with Gasteiger partial charge in [-0.2, -0.15) is 0 Å². The topological polar surface area (TPSA) is 70.1 Å². The van der Waals surface area contributed by atoms with E-state index in [1.165, 1.54) is 4.90 Å². The summed E-state index contributed by atoms with van der Waals surface area (Å²) in [6, 6.07) is 13.0. The number of aliphatic hydroxyl groups excluding tert-OH is 1. The molecule has 1 atom stereocenters. The highest BCUT2D eigenvalue weighted by atomic mass is 35.5. The molecule has 2 aromatic rings. The van der Waals surface area contributed by atoms with Crippen LogP contribution >= 0.6 is 11.6 Å². The summed E-state index contributed by atoms with van der Waals surface area (Å²) < 4.78 is 5.34. The number of halogens is 1. The molecule has 31 heavy (non-hydrogen) atoms. The molecule has 1 unspecified atom stereocenters. The van der Waals surface area contributed by atoms with Gasteiger partial charge < -0.3 is 19.6 Å². The molecular formula is C24H27ClN2O4. The molecule has 6 nitrogen and oxygen atoms in total. The Morgan fingerprint density at radius 2 is 1.81 bits per heavy atom. The highest BCUT2D eigenvalue weighted by Gasteiger charge is 2.46. The molecule has 1 saturated heterocycles. The van der Waals surface area contributed by atoms with Crippen molar-refractivity contribution in [1.29, 1.82) is 0 Å². The maximum absolute atomic E-state index is 13.0. The minimum atomic E-state index is -0.707. The van der Waals surface area contributed by atoms with Crippen molar-refractivity contribution in [3.05, 3.63) is 70.3 Å². The summed E-state index contributed by atoms with van der Waals surface area (Å²) in [5.41, 5.74) is 1.20. The van der Waals surface area contributed by atoms with Crippen LogP contribution in [0.3, 0.4) is 0 Å². The van der Waals surface area contributed by atoms with Gasteiger partial charge in [0.05, 0.1) is 18.7 Å². The van der Waals surface area contributed by atoms with Gasteiger partial charge in [0.15, 0.2) is 0 Å². The number of Topliss-reactive ketones (excluding diaryl/α,β-unsaturated/α-hetero) is 1. The second-order valence-corrected chi connectivity index (χ2v) is 7.74. The van der Waals surface area contributed by atoms with Crippen LogP contribution in [0.5, 0.6) is 5.75 Å². The molecule has 1 amide bonds. The van der Waals surface area contributed by atoms with Gasteiger partial charge in [0.2, 0.25) is 0 Å². The Balaban J connectivity index is 2.11. The Kier molecular flexibility index (Phi) is 7.36. The number of hydrogen-bond acceptors (Lipinski definition) is 5. The number of benzene rings is 2. The van der Waals surface area contributed by atoms with Crippen molar-refractivity contribution in [1.82, 2.24) is 9.80 Å². The van der Waals surface area contributed by atoms with Crippen LogP contribution in [0.2, 0.25) is 5.02 Å². The third-order valence-electron chi connectivity index (χ3n) is 5.62. The first-order chi connectivity index (χ1) is 14.9. The zero-order chi connectivity index (χ0) is 22.5. The first kappa shape index (κ1) is 22.8. The maximum Gasteiger partial charge on any atom is 0.295 e. The van der Waals surface area contributed by atoms with E-state index in [1.807, 2.05) is 6.07 Å². The molecule has 7 heteroatoms. The fourth-order valence-electron chi connectivity index (χ4n) is 3.82. The number of ketones is 1. The van der Waals surface area contributed by atoms with Crippen LogP contribution in [-0.2, 0) is 9.59 Å². The molecule has 164 valence electrons. The van der Waals surface area contributed by atoms with E-state index in [9.17, 15) is 14.7 Å². The molecule has 0 saturated carbocycles. The number of likely N-dealkylation sites (N-methyl/N-ethyl adjacent to an activating group) is 1. The SMILES string of the molecule is CCN(CC)CCN1C(=O)C(=O)/C(=C(\O)c2ccc(Cl)cc2)C1c1cccc(OC)c1. The number of aliphatic hydroxyl groups is 1. The van der Waals surface area contributed by atoms with Crippen LogP contribution in [0, 0.1) is 0 Å². The normalized spacial score (nSPS) is 18.1. The summed E-state index contributed by atoms with van der Waals surface area (Å²) in [7, 11) is 1.56. The summed E-state index contributed by atoms with van der Waals surface area (Å²) >= 11 is 5.96. The molecule has 1 fully saturated rings. The number of carbonyl (C=O) groups excluding carboxylic acids is 2. The average molecular weight is 443 g/mol. The van der Waals surface area contributed by atoms with Crippen LogP contribution in [0.25, 0.3) is 5.76 Å². The van der Waals surface area contributed by atoms with Gasteiger partial charge in [0, 0.05) is 23.7 Å². The number of rotatable bonds is 8. The fourth-order valence-corrected chi connectivity index (χ4v) is 3.95. The van der Waals surface area contributed by atoms with Crippen LogP contribution in [-0.4, -0.2) is 59.9 Å². The molecule has 2 aromatic carbocycles. The Bertz CT molecular complexity index is 983. The molecule has 1 heterocycles. The van der Waals surface area contributed by atoms with Gasteiger partial charge in [-0.3, -0.25) is 9.59 Å². The first-order valence-electron chi connectivity index (χ1n) is 10.3. The zero-order valence-electron chi connectivity index (χ0n) is 18.0. The van der Waals surface area contributed by atoms with Crippen molar-refractivity contribution in [3.8, 4) is 5.75 Å². The summed E-state index contributed by atoms with van der Waals surface area (Å²) in [5.74, 6) is -0.915. The quantitative estimate of drug-likeness (QED) is 0.378. The van der Waals surface area contributed by atoms with Crippen molar-refractivity contribution >= 4 is 29.1 Å². The molecule has 0 spiro atoms. The number of ether oxygens (including phenoxy) is 1. The lowest BCUT2D eigenvalue weighted by Crippen LogP contribution is -2.38. The molecular weight excluding hydrogens is 416 g/mol. The summed E-state index contributed by atoms with van der Waals surface area (Å²) in [6.07, 6.45) is 0. The Morgan fingerprint density at radius 1 is 1.13 bits per heavy atom. The molecule has 0 radical (unpaired) electrons. The highest BCUT2D eigenvalue weighted by molar-refractivity contribution is 6.46. The highest BCUT2D eigenvalue weighted by Crippen LogP contribution is 2.40. The fraction of sp³-hybridized carbons (Fsp3) is 0.333. The van der Waals surface area contributed by atoms with Crippen molar-refractivity contribution in [2.45, 2.75) is 19.9 Å². The molecule has 3 rings (SSSR count). The van der Waals surface area contributed by atoms with Crippen LogP contribution in [0.15, 0.2) is 54.1 Å². The lowest BCUT2D eigenvalue weighted by atomic mass is 9.95. The van der Waals surface area contributed by atoms with Crippen molar-refractivity contribution in [3.63, 3.8) is 0 Å². The first-order valence-corrected chi connectivity index (χ1v) is 10.7. The van der Waals surface area contributed by atoms with Gasteiger partial charge in [0.25, 0.3) is 11.7 Å². The largest absolute Gasteiger partial charge is 0.507 e. The van der Waals surface area contributed by atoms with Crippen LogP contribution < -0.4 is 4.74 Å². The molecule has 0 aliphatic carbocycles. The van der Waals surface area contributed by atoms with E-state index >= 15 is 0 Å². The second-order valence-electron chi connectivity index (χ2n) is 7.30. The van der Waals surface area contributed by atoms with Gasteiger partial charge in [-0.05, 0) is 55.1 Å². The predicted octanol–water partition coefficient (Wildman–Crippen LogP) is 4.11. The molecule has 1 aliphatic rings. The number of nitrogens with zero attached hydrogens (tertiary/aromatic N) is 2. The Morgan fingerprint density at radius 3 is 2.42 bits per heavy atom. The second kappa shape index (κ2) is 9.98. The van der Waals surface area contributed by atoms with Crippen LogP contribution in [0.4, 0.5) is 0 Å². The van der Waals surface area contributed by atoms with E-state index in [2.05, 4.69) is 18.7 Å². The van der Waals surface area contributed by atoms with E-state index < -0.39 is 17.7 Å². The lowest BCUT2D eigenvalue weighted by Gasteiger charge is -2.28. The summed E-state index contributed by atoms with van der Waals surface area (Å²) in [5, 5.41) is 11.6. The van der Waals surface area contributed by atoms with Gasteiger partial charge in [-0.15, -0.1) is 0 Å². The molecule has 1 aliphatic heterocycles.